The molecule has 0 radical (unpaired) electrons. The van der Waals surface area contributed by atoms with E-state index in [0.717, 1.165) is 0 Å². The van der Waals surface area contributed by atoms with E-state index in [-0.39, 0.29) is 17.1 Å². The van der Waals surface area contributed by atoms with Gasteiger partial charge in [-0.25, -0.2) is 0 Å². The molecule has 13 heavy (non-hydrogen) atoms. The third-order valence-electron chi connectivity index (χ3n) is 0.765. The van der Waals surface area contributed by atoms with Crippen molar-refractivity contribution in [1.29, 1.82) is 0 Å². The zero-order chi connectivity index (χ0) is 10.3. The fraction of sp³-hybridized carbons (Fsp3) is 0.667. The summed E-state index contributed by atoms with van der Waals surface area (Å²) < 4.78 is 1.24. The van der Waals surface area contributed by atoms with Crippen molar-refractivity contribution in [3.8, 4) is 0 Å². The second kappa shape index (κ2) is 11.1. The Kier molecular flexibility index (Phi) is 16.7. The van der Waals surface area contributed by atoms with Crippen LogP contribution in [0.15, 0.2) is 0 Å². The predicted molar refractivity (Wildman–Crippen MR) is 79.1 cm³/mol. The van der Waals surface area contributed by atoms with Gasteiger partial charge in [0.25, 0.3) is 0 Å². The molecule has 0 aromatic rings. The summed E-state index contributed by atoms with van der Waals surface area (Å²) in [7, 11) is 7.43. The standard InChI is InChI=1S/2C3H7NS2.H2Se/c2*1-4(2)3(5)6;/h2*1-2H3,(H,5,6);1H2. The van der Waals surface area contributed by atoms with E-state index in [2.05, 4.69) is 49.7 Å². The molecule has 0 atom stereocenters. The Morgan fingerprint density at radius 3 is 0.923 bits per heavy atom. The molecule has 2 nitrogen and oxygen atoms in total. The number of nitrogens with zero attached hydrogens (tertiary/aromatic N) is 2. The molecule has 0 rings (SSSR count). The average molecular weight is 323 g/mol. The molecule has 0 N–H and O–H groups in total. The van der Waals surface area contributed by atoms with Crippen molar-refractivity contribution in [3.05, 3.63) is 0 Å². The molecule has 0 aromatic carbocycles. The van der Waals surface area contributed by atoms with Crippen LogP contribution in [0.3, 0.4) is 0 Å². The van der Waals surface area contributed by atoms with Crippen molar-refractivity contribution in [2.75, 3.05) is 28.2 Å². The zero-order valence-electron chi connectivity index (χ0n) is 8.11. The molecule has 0 aliphatic heterocycles. The van der Waals surface area contributed by atoms with Gasteiger partial charge >= 0.3 is 17.1 Å². The SMILES string of the molecule is CN(C)C(=S)S.CN(C)C(=S)S.[SeH2]. The first-order chi connectivity index (χ1) is 5.29. The van der Waals surface area contributed by atoms with Crippen molar-refractivity contribution in [3.63, 3.8) is 0 Å². The van der Waals surface area contributed by atoms with Gasteiger partial charge in [0, 0.05) is 28.2 Å². The minimum absolute atomic E-state index is 0. The van der Waals surface area contributed by atoms with Crippen molar-refractivity contribution in [1.82, 2.24) is 9.80 Å². The summed E-state index contributed by atoms with van der Waals surface area (Å²) in [4.78, 5) is 3.52. The Balaban J connectivity index is -0.000000143. The molecule has 0 fully saturated rings. The van der Waals surface area contributed by atoms with Crippen LogP contribution in [0.4, 0.5) is 0 Å². The summed E-state index contributed by atoms with van der Waals surface area (Å²) in [5.74, 6) is 0. The number of hydrogen-bond acceptors (Lipinski definition) is 2. The van der Waals surface area contributed by atoms with Crippen LogP contribution < -0.4 is 0 Å². The molecule has 80 valence electrons. The Bertz CT molecular complexity index is 143. The fourth-order valence-corrected chi connectivity index (χ4v) is 0. The number of thiol groups is 2. The Morgan fingerprint density at radius 2 is 0.923 bits per heavy atom. The maximum absolute atomic E-state index is 4.61. The van der Waals surface area contributed by atoms with Crippen LogP contribution in [0, 0.1) is 0 Å². The van der Waals surface area contributed by atoms with Crippen LogP contribution in [0.1, 0.15) is 0 Å². The van der Waals surface area contributed by atoms with Gasteiger partial charge in [-0.3, -0.25) is 0 Å². The zero-order valence-corrected chi connectivity index (χ0v) is 13.6. The van der Waals surface area contributed by atoms with Crippen LogP contribution in [-0.2, 0) is 0 Å². The molecule has 7 heteroatoms. The summed E-state index contributed by atoms with van der Waals surface area (Å²) in [5, 5.41) is 0. The maximum atomic E-state index is 4.61. The van der Waals surface area contributed by atoms with Crippen LogP contribution in [0.25, 0.3) is 0 Å². The van der Waals surface area contributed by atoms with E-state index in [4.69, 9.17) is 0 Å². The van der Waals surface area contributed by atoms with E-state index in [9.17, 15) is 0 Å². The molecule has 0 spiro atoms. The van der Waals surface area contributed by atoms with Crippen molar-refractivity contribution >= 4 is 75.4 Å². The van der Waals surface area contributed by atoms with Gasteiger partial charge in [0.2, 0.25) is 0 Å². The van der Waals surface area contributed by atoms with E-state index in [1.807, 2.05) is 28.2 Å². The van der Waals surface area contributed by atoms with E-state index in [1.165, 1.54) is 0 Å². The second-order valence-electron chi connectivity index (χ2n) is 2.35. The summed E-state index contributed by atoms with van der Waals surface area (Å²) in [6.45, 7) is 0. The van der Waals surface area contributed by atoms with Crippen LogP contribution in [-0.4, -0.2) is 63.7 Å². The van der Waals surface area contributed by atoms with Gasteiger partial charge in [-0.2, -0.15) is 0 Å². The van der Waals surface area contributed by atoms with Crippen molar-refractivity contribution in [2.45, 2.75) is 0 Å². The van der Waals surface area contributed by atoms with Crippen molar-refractivity contribution in [2.24, 2.45) is 0 Å². The first kappa shape index (κ1) is 19.6. The quantitative estimate of drug-likeness (QED) is 0.383. The van der Waals surface area contributed by atoms with E-state index in [0.29, 0.717) is 8.64 Å². The van der Waals surface area contributed by atoms with Gasteiger partial charge in [0.05, 0.1) is 0 Å². The fourth-order valence-electron chi connectivity index (χ4n) is 0. The minimum atomic E-state index is 0. The van der Waals surface area contributed by atoms with Crippen LogP contribution >= 0.6 is 49.7 Å². The molecule has 0 unspecified atom stereocenters. The molecule has 0 saturated heterocycles. The van der Waals surface area contributed by atoms with Gasteiger partial charge in [-0.1, -0.05) is 24.4 Å². The number of hydrogen-bond donors (Lipinski definition) is 2. The predicted octanol–water partition coefficient (Wildman–Crippen LogP) is 0.609. The molecule has 0 amide bonds. The van der Waals surface area contributed by atoms with Gasteiger partial charge < -0.3 is 9.80 Å². The van der Waals surface area contributed by atoms with Gasteiger partial charge in [0.1, 0.15) is 8.64 Å². The average Bonchev–Trinajstić information content (AvgIpc) is 1.88. The first-order valence-electron chi connectivity index (χ1n) is 3.09. The molecular weight excluding hydrogens is 307 g/mol. The summed E-state index contributed by atoms with van der Waals surface area (Å²) in [6.07, 6.45) is 0. The number of thiocarbonyl (C=S) groups is 2. The van der Waals surface area contributed by atoms with E-state index in [1.54, 1.807) is 9.80 Å². The molecule has 0 aliphatic carbocycles. The molecule has 0 aliphatic rings. The third kappa shape index (κ3) is 19.4. The van der Waals surface area contributed by atoms with Crippen LogP contribution in [0.2, 0.25) is 0 Å². The second-order valence-corrected chi connectivity index (χ2v) is 4.58. The number of rotatable bonds is 0. The summed E-state index contributed by atoms with van der Waals surface area (Å²) in [5.41, 5.74) is 0. The molecule has 0 aromatic heterocycles. The Morgan fingerprint density at radius 1 is 0.846 bits per heavy atom. The Hall–Kier alpha value is 0.999. The van der Waals surface area contributed by atoms with E-state index >= 15 is 0 Å². The third-order valence-corrected chi connectivity index (χ3v) is 2.30. The summed E-state index contributed by atoms with van der Waals surface area (Å²) in [6, 6.07) is 0. The van der Waals surface area contributed by atoms with Gasteiger partial charge in [-0.05, 0) is 0 Å². The molecule has 0 bridgehead atoms. The molecule has 0 saturated carbocycles. The Labute approximate surface area is 113 Å². The molecule has 0 heterocycles. The first-order valence-corrected chi connectivity index (χ1v) is 4.80. The normalized spacial score (nSPS) is 7.23. The summed E-state index contributed by atoms with van der Waals surface area (Å²) >= 11 is 16.9. The topological polar surface area (TPSA) is 6.48 Å². The van der Waals surface area contributed by atoms with Gasteiger partial charge in [-0.15, -0.1) is 25.3 Å². The molecular formula is C6H16N2S4Se. The van der Waals surface area contributed by atoms with Crippen molar-refractivity contribution < 1.29 is 0 Å². The van der Waals surface area contributed by atoms with Gasteiger partial charge in [0.15, 0.2) is 0 Å². The van der Waals surface area contributed by atoms with E-state index < -0.39 is 0 Å². The van der Waals surface area contributed by atoms with Crippen LogP contribution in [0.5, 0.6) is 0 Å². The monoisotopic (exact) mass is 324 g/mol.